The number of aryl methyl sites for hydroxylation is 2. The molecule has 386 valence electrons. The molecular formula is C56H89ClN10O2Sn. The van der Waals surface area contributed by atoms with Gasteiger partial charge >= 0.3 is 143 Å². The van der Waals surface area contributed by atoms with Crippen LogP contribution in [-0.2, 0) is 35.3 Å². The third kappa shape index (κ3) is 18.0. The van der Waals surface area contributed by atoms with E-state index in [-0.39, 0.29) is 27.7 Å². The fourth-order valence-electron chi connectivity index (χ4n) is 9.63. The maximum Gasteiger partial charge on any atom is 0.224 e. The number of hydrogen-bond donors (Lipinski definition) is 0. The number of ketones is 2. The molecule has 0 bridgehead atoms. The van der Waals surface area contributed by atoms with Gasteiger partial charge in [-0.1, -0.05) is 41.5 Å². The summed E-state index contributed by atoms with van der Waals surface area (Å²) in [5.74, 6) is 2.78. The van der Waals surface area contributed by atoms with Gasteiger partial charge in [0.2, 0.25) is 5.28 Å². The molecule has 4 aromatic heterocycles. The van der Waals surface area contributed by atoms with Crippen molar-refractivity contribution in [3.8, 4) is 11.5 Å². The standard InChI is InChI=1S/C22H31N5O.C15H22ClN3O.C7H9N2.3C4H9.Sn/c1-22(2,3)13-16(28)14-27(6)21-17-8-7-9-18(17)24-20(25-21)19-12-15(26(4)5)10-11-23-19;1-15(2,3)8-10(20)9-19(4)13-11-6-5-7-12(11)17-14(16)18-13;1-9(2)7-3-5-8-6-4-7;3*1-3-4-2;/h10-12H,7-9,13-14H2,1-6H3;5-9H2,1-4H3;3-5H,1-2H3;3*1,3-4H2,2H3;. The number of carbonyl (C=O) groups is 2. The second kappa shape index (κ2) is 27.2. The third-order valence-corrected chi connectivity index (χ3v) is 28.4. The van der Waals surface area contributed by atoms with Crippen molar-refractivity contribution in [2.75, 3.05) is 75.0 Å². The summed E-state index contributed by atoms with van der Waals surface area (Å²) in [6.45, 7) is 20.2. The van der Waals surface area contributed by atoms with E-state index in [2.05, 4.69) is 115 Å². The summed E-state index contributed by atoms with van der Waals surface area (Å²) in [5.41, 5.74) is 7.62. The van der Waals surface area contributed by atoms with Gasteiger partial charge in [0.1, 0.15) is 17.3 Å². The summed E-state index contributed by atoms with van der Waals surface area (Å²) in [6.07, 6.45) is 19.2. The van der Waals surface area contributed by atoms with Crippen LogP contribution in [0.2, 0.25) is 18.6 Å². The van der Waals surface area contributed by atoms with Crippen LogP contribution in [-0.4, -0.2) is 115 Å². The number of unbranched alkanes of at least 4 members (excludes halogenated alkanes) is 3. The van der Waals surface area contributed by atoms with Gasteiger partial charge in [-0.3, -0.25) is 14.6 Å². The van der Waals surface area contributed by atoms with E-state index in [4.69, 9.17) is 26.6 Å². The molecule has 0 fully saturated rings. The molecule has 0 spiro atoms. The first kappa shape index (κ1) is 58.7. The Morgan fingerprint density at radius 3 is 1.50 bits per heavy atom. The zero-order valence-electron chi connectivity index (χ0n) is 46.1. The minimum atomic E-state index is -2.34. The molecule has 4 heterocycles. The van der Waals surface area contributed by atoms with Gasteiger partial charge in [0.25, 0.3) is 0 Å². The van der Waals surface area contributed by atoms with E-state index >= 15 is 0 Å². The van der Waals surface area contributed by atoms with Crippen LogP contribution in [0.15, 0.2) is 36.7 Å². The Hall–Kier alpha value is -3.91. The molecule has 0 unspecified atom stereocenters. The molecule has 0 atom stereocenters. The first-order valence-electron chi connectivity index (χ1n) is 26.2. The van der Waals surface area contributed by atoms with Crippen molar-refractivity contribution in [2.24, 2.45) is 10.8 Å². The van der Waals surface area contributed by atoms with Crippen LogP contribution in [0.25, 0.3) is 11.5 Å². The van der Waals surface area contributed by atoms with E-state index < -0.39 is 18.4 Å². The predicted octanol–water partition coefficient (Wildman–Crippen LogP) is 11.8. The Morgan fingerprint density at radius 2 is 1.04 bits per heavy atom. The molecule has 0 aliphatic heterocycles. The normalized spacial score (nSPS) is 13.1. The van der Waals surface area contributed by atoms with E-state index in [0.29, 0.717) is 31.8 Å². The number of likely N-dealkylation sites (N-methyl/N-ethyl adjacent to an activating group) is 2. The number of rotatable bonds is 21. The molecule has 0 N–H and O–H groups in total. The zero-order chi connectivity index (χ0) is 51.8. The molecular weight excluding hydrogens is 999 g/mol. The Morgan fingerprint density at radius 1 is 0.600 bits per heavy atom. The topological polar surface area (TPSA) is 124 Å². The third-order valence-electron chi connectivity index (χ3n) is 13.1. The van der Waals surface area contributed by atoms with Crippen molar-refractivity contribution in [1.29, 1.82) is 0 Å². The number of Topliss-reactive ketones (excluding diaryl/α,β-unsaturated/α-hetero) is 2. The van der Waals surface area contributed by atoms with Crippen LogP contribution in [0, 0.1) is 10.8 Å². The predicted molar refractivity (Wildman–Crippen MR) is 298 cm³/mol. The van der Waals surface area contributed by atoms with Crippen molar-refractivity contribution in [2.45, 2.75) is 166 Å². The molecule has 2 aliphatic rings. The molecule has 4 aromatic rings. The van der Waals surface area contributed by atoms with Crippen LogP contribution in [0.3, 0.4) is 0 Å². The molecule has 0 saturated heterocycles. The Bertz CT molecular complexity index is 2290. The zero-order valence-corrected chi connectivity index (χ0v) is 49.7. The second-order valence-corrected chi connectivity index (χ2v) is 36.1. The van der Waals surface area contributed by atoms with Gasteiger partial charge in [-0.2, -0.15) is 0 Å². The molecule has 0 saturated carbocycles. The Labute approximate surface area is 432 Å². The Balaban J connectivity index is 0.000000233. The van der Waals surface area contributed by atoms with E-state index in [9.17, 15) is 9.59 Å². The first-order chi connectivity index (χ1) is 33.0. The number of fused-ring (bicyclic) bond motifs is 2. The number of hydrogen-bond acceptors (Lipinski definition) is 12. The van der Waals surface area contributed by atoms with E-state index in [1.165, 1.54) is 66.8 Å². The van der Waals surface area contributed by atoms with Crippen molar-refractivity contribution in [3.63, 3.8) is 0 Å². The summed E-state index contributed by atoms with van der Waals surface area (Å²) >= 11 is 3.64. The van der Waals surface area contributed by atoms with Crippen LogP contribution in [0.1, 0.15) is 149 Å². The number of aromatic nitrogens is 6. The molecule has 0 amide bonds. The van der Waals surface area contributed by atoms with Gasteiger partial charge in [-0.05, 0) is 73.1 Å². The minimum Gasteiger partial charge on any atom is -0.378 e. The molecule has 14 heteroatoms. The van der Waals surface area contributed by atoms with Crippen LogP contribution in [0.5, 0.6) is 0 Å². The molecule has 6 rings (SSSR count). The molecule has 0 aromatic carbocycles. The van der Waals surface area contributed by atoms with Crippen molar-refractivity contribution in [3.05, 3.63) is 64.5 Å². The quantitative estimate of drug-likeness (QED) is 0.0583. The molecule has 12 nitrogen and oxygen atoms in total. The Kier molecular flexibility index (Phi) is 22.8. The largest absolute Gasteiger partial charge is 0.378 e. The van der Waals surface area contributed by atoms with Crippen LogP contribution < -0.4 is 23.3 Å². The van der Waals surface area contributed by atoms with Crippen LogP contribution >= 0.6 is 11.6 Å². The number of nitrogens with zero attached hydrogens (tertiary/aromatic N) is 10. The molecule has 2 aliphatic carbocycles. The first-order valence-corrected chi connectivity index (χ1v) is 34.0. The fourth-order valence-corrected chi connectivity index (χ4v) is 25.3. The van der Waals surface area contributed by atoms with E-state index in [1.807, 2.05) is 55.0 Å². The number of anilines is 4. The molecule has 70 heavy (non-hydrogen) atoms. The van der Waals surface area contributed by atoms with Crippen molar-refractivity contribution in [1.82, 2.24) is 29.9 Å². The van der Waals surface area contributed by atoms with Crippen LogP contribution in [0.4, 0.5) is 23.0 Å². The van der Waals surface area contributed by atoms with Gasteiger partial charge < -0.3 is 14.7 Å². The van der Waals surface area contributed by atoms with E-state index in [0.717, 1.165) is 78.5 Å². The van der Waals surface area contributed by atoms with Crippen molar-refractivity contribution >= 4 is 68.3 Å². The summed E-state index contributed by atoms with van der Waals surface area (Å²) in [5, 5.41) is 0.274. The monoisotopic (exact) mass is 1090 g/mol. The second-order valence-electron chi connectivity index (χ2n) is 22.7. The molecule has 0 radical (unpaired) electrons. The fraction of sp³-hybridized carbons (Fsp3) is 0.643. The van der Waals surface area contributed by atoms with Gasteiger partial charge in [0.15, 0.2) is 17.4 Å². The number of halogens is 1. The SMILES string of the molecule is CCC[CH2][Sn]([CH2]CCC)([CH2]CCC)[c]1cc(N(C)C)ccn1.CN(C)c1ccnc(-c2nc3c(c(N(C)CC(=O)CC(C)(C)C)n2)CCC3)c1.CN(CC(=O)CC(C)(C)C)c1nc(Cl)nc2c1CCC2. The number of carbonyl (C=O) groups excluding carboxylic acids is 2. The van der Waals surface area contributed by atoms with Gasteiger partial charge in [-0.15, -0.1) is 0 Å². The van der Waals surface area contributed by atoms with Gasteiger partial charge in [0, 0.05) is 69.7 Å². The van der Waals surface area contributed by atoms with Gasteiger partial charge in [0.05, 0.1) is 18.8 Å². The summed E-state index contributed by atoms with van der Waals surface area (Å²) in [4.78, 5) is 60.4. The smallest absolute Gasteiger partial charge is 0.224 e. The van der Waals surface area contributed by atoms with Crippen molar-refractivity contribution < 1.29 is 9.59 Å². The average Bonchev–Trinajstić information content (AvgIpc) is 3.97. The summed E-state index contributed by atoms with van der Waals surface area (Å²) in [7, 11) is 12.1. The number of pyridine rings is 2. The average molecular weight is 1090 g/mol. The maximum atomic E-state index is 12.5. The summed E-state index contributed by atoms with van der Waals surface area (Å²) < 4.78 is 6.02. The van der Waals surface area contributed by atoms with Gasteiger partial charge in [-0.25, -0.2) is 19.9 Å². The van der Waals surface area contributed by atoms with E-state index in [1.54, 1.807) is 6.20 Å². The minimum absolute atomic E-state index is 0.00670. The summed E-state index contributed by atoms with van der Waals surface area (Å²) in [6, 6.07) is 8.55. The maximum absolute atomic E-state index is 12.5.